The predicted octanol–water partition coefficient (Wildman–Crippen LogP) is 2.56. The second kappa shape index (κ2) is 11.2. The fourth-order valence-corrected chi connectivity index (χ4v) is 3.33. The van der Waals surface area contributed by atoms with Crippen molar-refractivity contribution in [2.45, 2.75) is 31.6 Å². The number of guanidine groups is 1. The Labute approximate surface area is 172 Å². The van der Waals surface area contributed by atoms with Crippen LogP contribution in [0.25, 0.3) is 0 Å². The number of rotatable bonds is 6. The molecule has 1 aliphatic rings. The molecule has 2 heterocycles. The largest absolute Gasteiger partial charge is 0.434 e. The summed E-state index contributed by atoms with van der Waals surface area (Å²) in [5.74, 6) is 0.583. The van der Waals surface area contributed by atoms with Crippen molar-refractivity contribution in [2.24, 2.45) is 4.99 Å². The van der Waals surface area contributed by atoms with Crippen molar-refractivity contribution < 1.29 is 17.9 Å². The maximum absolute atomic E-state index is 12.6. The van der Waals surface area contributed by atoms with E-state index < -0.39 is 11.9 Å². The van der Waals surface area contributed by atoms with Crippen molar-refractivity contribution >= 4 is 41.3 Å². The van der Waals surface area contributed by atoms with E-state index in [0.29, 0.717) is 17.0 Å². The first-order chi connectivity index (χ1) is 11.9. The fourth-order valence-electron chi connectivity index (χ4n) is 2.59. The third kappa shape index (κ3) is 7.53. The number of aromatic nitrogens is 1. The lowest BCUT2D eigenvalue weighted by Crippen LogP contribution is -2.48. The number of alkyl halides is 3. The lowest BCUT2D eigenvalue weighted by atomic mass is 10.1. The SMILES string of the molecule is CN=C(NCc1nc(C(F)(F)F)cs1)NC1CCN(CCOC)CC1.I. The van der Waals surface area contributed by atoms with Gasteiger partial charge in [0.25, 0.3) is 0 Å². The Morgan fingerprint density at radius 3 is 2.65 bits per heavy atom. The van der Waals surface area contributed by atoms with E-state index in [2.05, 4.69) is 25.5 Å². The fraction of sp³-hybridized carbons (Fsp3) is 0.733. The molecule has 1 aromatic rings. The van der Waals surface area contributed by atoms with Crippen LogP contribution in [0.15, 0.2) is 10.4 Å². The minimum absolute atomic E-state index is 0. The van der Waals surface area contributed by atoms with Gasteiger partial charge in [0.05, 0.1) is 13.2 Å². The Morgan fingerprint density at radius 2 is 2.12 bits per heavy atom. The highest BCUT2D eigenvalue weighted by atomic mass is 127. The van der Waals surface area contributed by atoms with Gasteiger partial charge in [-0.2, -0.15) is 13.2 Å². The number of ether oxygens (including phenoxy) is 1. The molecule has 0 atom stereocenters. The standard InChI is InChI=1S/C15H24F3N5OS.HI/c1-19-14(20-9-13-22-12(10-25-13)15(16,17)18)21-11-3-5-23(6-4-11)7-8-24-2;/h10-11H,3-9H2,1-2H3,(H2,19,20,21);1H. The molecule has 0 radical (unpaired) electrons. The van der Waals surface area contributed by atoms with Crippen molar-refractivity contribution in [3.05, 3.63) is 16.1 Å². The summed E-state index contributed by atoms with van der Waals surface area (Å²) in [6.07, 6.45) is -2.43. The molecule has 0 saturated carbocycles. The van der Waals surface area contributed by atoms with Crippen molar-refractivity contribution in [1.29, 1.82) is 0 Å². The Morgan fingerprint density at radius 1 is 1.42 bits per heavy atom. The maximum Gasteiger partial charge on any atom is 0.434 e. The monoisotopic (exact) mass is 507 g/mol. The number of nitrogens with zero attached hydrogens (tertiary/aromatic N) is 3. The number of piperidine rings is 1. The molecule has 0 spiro atoms. The van der Waals surface area contributed by atoms with E-state index in [1.165, 1.54) is 0 Å². The second-order valence-electron chi connectivity index (χ2n) is 5.80. The van der Waals surface area contributed by atoms with Gasteiger partial charge in [-0.15, -0.1) is 35.3 Å². The van der Waals surface area contributed by atoms with Crippen LogP contribution in [0.1, 0.15) is 23.5 Å². The van der Waals surface area contributed by atoms with E-state index >= 15 is 0 Å². The van der Waals surface area contributed by atoms with Crippen LogP contribution in [-0.4, -0.2) is 62.3 Å². The lowest BCUT2D eigenvalue weighted by molar-refractivity contribution is -0.140. The van der Waals surface area contributed by atoms with Gasteiger partial charge in [0.15, 0.2) is 11.7 Å². The number of methoxy groups -OCH3 is 1. The Bertz CT molecular complexity index is 562. The summed E-state index contributed by atoms with van der Waals surface area (Å²) in [5.41, 5.74) is -0.847. The molecule has 1 fully saturated rings. The molecular weight excluding hydrogens is 482 g/mol. The molecule has 0 aliphatic carbocycles. The molecule has 6 nitrogen and oxygen atoms in total. The molecule has 11 heteroatoms. The third-order valence-corrected chi connectivity index (χ3v) is 4.86. The minimum atomic E-state index is -4.40. The Hall–Kier alpha value is -0.660. The van der Waals surface area contributed by atoms with Crippen molar-refractivity contribution in [2.75, 3.05) is 40.4 Å². The summed E-state index contributed by atoms with van der Waals surface area (Å²) in [6, 6.07) is 0.298. The Kier molecular flexibility index (Phi) is 10.1. The van der Waals surface area contributed by atoms with Crippen molar-refractivity contribution in [3.63, 3.8) is 0 Å². The van der Waals surface area contributed by atoms with Crippen LogP contribution in [0.4, 0.5) is 13.2 Å². The molecule has 2 rings (SSSR count). The number of hydrogen-bond donors (Lipinski definition) is 2. The number of likely N-dealkylation sites (tertiary alicyclic amines) is 1. The van der Waals surface area contributed by atoms with Crippen LogP contribution >= 0.6 is 35.3 Å². The summed E-state index contributed by atoms with van der Waals surface area (Å²) in [5, 5.41) is 7.76. The molecule has 150 valence electrons. The third-order valence-electron chi connectivity index (χ3n) is 4.01. The average molecular weight is 507 g/mol. The van der Waals surface area contributed by atoms with Gasteiger partial charge >= 0.3 is 6.18 Å². The first-order valence-corrected chi connectivity index (χ1v) is 9.00. The van der Waals surface area contributed by atoms with Crippen molar-refractivity contribution in [1.82, 2.24) is 20.5 Å². The molecule has 0 amide bonds. The van der Waals surface area contributed by atoms with Crippen LogP contribution in [0.2, 0.25) is 0 Å². The molecule has 1 aromatic heterocycles. The number of thiazole rings is 1. The predicted molar refractivity (Wildman–Crippen MR) is 107 cm³/mol. The van der Waals surface area contributed by atoms with Crippen LogP contribution in [-0.2, 0) is 17.5 Å². The van der Waals surface area contributed by atoms with E-state index in [-0.39, 0.29) is 30.5 Å². The number of hydrogen-bond acceptors (Lipinski definition) is 5. The van der Waals surface area contributed by atoms with Gasteiger partial charge in [-0.25, -0.2) is 4.98 Å². The van der Waals surface area contributed by atoms with E-state index in [0.717, 1.165) is 55.8 Å². The highest BCUT2D eigenvalue weighted by Gasteiger charge is 2.33. The van der Waals surface area contributed by atoms with E-state index in [1.54, 1.807) is 14.2 Å². The summed E-state index contributed by atoms with van der Waals surface area (Å²) in [4.78, 5) is 10.1. The van der Waals surface area contributed by atoms with Crippen LogP contribution in [0.3, 0.4) is 0 Å². The summed E-state index contributed by atoms with van der Waals surface area (Å²) in [6.45, 7) is 3.85. The molecule has 1 aliphatic heterocycles. The van der Waals surface area contributed by atoms with E-state index in [1.807, 2.05) is 0 Å². The molecular formula is C15H25F3IN5OS. The zero-order valence-corrected chi connectivity index (χ0v) is 18.0. The number of aliphatic imine (C=N–C) groups is 1. The molecule has 0 aromatic carbocycles. The van der Waals surface area contributed by atoms with Gasteiger partial charge in [0.1, 0.15) is 5.01 Å². The highest BCUT2D eigenvalue weighted by Crippen LogP contribution is 2.29. The molecule has 2 N–H and O–H groups in total. The van der Waals surface area contributed by atoms with Gasteiger partial charge in [-0.1, -0.05) is 0 Å². The van der Waals surface area contributed by atoms with Crippen LogP contribution < -0.4 is 10.6 Å². The zero-order valence-electron chi connectivity index (χ0n) is 14.8. The maximum atomic E-state index is 12.6. The van der Waals surface area contributed by atoms with Gasteiger partial charge < -0.3 is 20.3 Å². The lowest BCUT2D eigenvalue weighted by Gasteiger charge is -2.32. The molecule has 26 heavy (non-hydrogen) atoms. The minimum Gasteiger partial charge on any atom is -0.383 e. The zero-order chi connectivity index (χ0) is 18.3. The van der Waals surface area contributed by atoms with Crippen LogP contribution in [0, 0.1) is 0 Å². The quantitative estimate of drug-likeness (QED) is 0.352. The van der Waals surface area contributed by atoms with Gasteiger partial charge in [-0.3, -0.25) is 4.99 Å². The molecule has 0 bridgehead atoms. The van der Waals surface area contributed by atoms with Crippen LogP contribution in [0.5, 0.6) is 0 Å². The molecule has 1 saturated heterocycles. The smallest absolute Gasteiger partial charge is 0.383 e. The van der Waals surface area contributed by atoms with Gasteiger partial charge in [-0.05, 0) is 12.8 Å². The van der Waals surface area contributed by atoms with Gasteiger partial charge in [0.2, 0.25) is 0 Å². The highest BCUT2D eigenvalue weighted by molar-refractivity contribution is 14.0. The summed E-state index contributed by atoms with van der Waals surface area (Å²) < 4.78 is 42.8. The van der Waals surface area contributed by atoms with Gasteiger partial charge in [0, 0.05) is 45.2 Å². The summed E-state index contributed by atoms with van der Waals surface area (Å²) in [7, 11) is 3.34. The van der Waals surface area contributed by atoms with E-state index in [4.69, 9.17) is 4.74 Å². The summed E-state index contributed by atoms with van der Waals surface area (Å²) >= 11 is 0.988. The second-order valence-corrected chi connectivity index (χ2v) is 6.75. The molecule has 0 unspecified atom stereocenters. The first kappa shape index (κ1) is 23.4. The first-order valence-electron chi connectivity index (χ1n) is 8.12. The Balaban J connectivity index is 0.00000338. The number of halogens is 4. The number of nitrogens with one attached hydrogen (secondary N) is 2. The normalized spacial score (nSPS) is 17.0. The topological polar surface area (TPSA) is 61.8 Å². The van der Waals surface area contributed by atoms with Crippen molar-refractivity contribution in [3.8, 4) is 0 Å². The average Bonchev–Trinajstić information content (AvgIpc) is 3.07. The van der Waals surface area contributed by atoms with E-state index in [9.17, 15) is 13.2 Å².